The number of carbonyl (C=O) groups is 1. The number of piperazine rings is 1. The summed E-state index contributed by atoms with van der Waals surface area (Å²) in [6.45, 7) is 6.67. The molecule has 2 fully saturated rings. The number of rotatable bonds is 4. The first-order valence-electron chi connectivity index (χ1n) is 8.56. The first-order chi connectivity index (χ1) is 12.2. The molecule has 10 heteroatoms. The van der Waals surface area contributed by atoms with Crippen molar-refractivity contribution in [1.29, 1.82) is 0 Å². The van der Waals surface area contributed by atoms with Crippen LogP contribution in [0.15, 0.2) is 23.1 Å². The van der Waals surface area contributed by atoms with E-state index in [2.05, 4.69) is 4.90 Å². The molecule has 0 unspecified atom stereocenters. The highest BCUT2D eigenvalue weighted by Gasteiger charge is 2.37. The van der Waals surface area contributed by atoms with E-state index in [-0.39, 0.29) is 22.8 Å². The van der Waals surface area contributed by atoms with Gasteiger partial charge in [0.2, 0.25) is 26.0 Å². The van der Waals surface area contributed by atoms with Crippen LogP contribution in [0, 0.1) is 6.92 Å². The van der Waals surface area contributed by atoms with E-state index >= 15 is 0 Å². The zero-order chi connectivity index (χ0) is 19.1. The molecule has 0 N–H and O–H groups in total. The third kappa shape index (κ3) is 3.38. The highest BCUT2D eigenvalue weighted by molar-refractivity contribution is 7.94. The molecule has 144 valence electrons. The van der Waals surface area contributed by atoms with Crippen molar-refractivity contribution in [2.24, 2.45) is 0 Å². The quantitative estimate of drug-likeness (QED) is 0.724. The van der Waals surface area contributed by atoms with Crippen molar-refractivity contribution in [2.75, 3.05) is 42.8 Å². The van der Waals surface area contributed by atoms with Crippen LogP contribution in [-0.2, 0) is 24.8 Å². The van der Waals surface area contributed by atoms with Crippen molar-refractivity contribution in [3.05, 3.63) is 23.8 Å². The van der Waals surface area contributed by atoms with Gasteiger partial charge in [-0.2, -0.15) is 4.31 Å². The highest BCUT2D eigenvalue weighted by Crippen LogP contribution is 2.30. The minimum Gasteiger partial charge on any atom is -0.301 e. The Morgan fingerprint density at radius 3 is 2.31 bits per heavy atom. The zero-order valence-electron chi connectivity index (χ0n) is 14.9. The maximum Gasteiger partial charge on any atom is 0.243 e. The summed E-state index contributed by atoms with van der Waals surface area (Å²) in [6, 6.07) is 4.33. The van der Waals surface area contributed by atoms with Gasteiger partial charge in [0.25, 0.3) is 0 Å². The lowest BCUT2D eigenvalue weighted by Gasteiger charge is -2.33. The Morgan fingerprint density at radius 1 is 1.12 bits per heavy atom. The van der Waals surface area contributed by atoms with Crippen molar-refractivity contribution in [3.63, 3.8) is 0 Å². The van der Waals surface area contributed by atoms with Crippen LogP contribution < -0.4 is 4.31 Å². The van der Waals surface area contributed by atoms with Gasteiger partial charge in [0.05, 0.1) is 16.3 Å². The van der Waals surface area contributed by atoms with Gasteiger partial charge in [0, 0.05) is 32.6 Å². The maximum atomic E-state index is 13.1. The van der Waals surface area contributed by atoms with Gasteiger partial charge in [0.15, 0.2) is 0 Å². The zero-order valence-corrected chi connectivity index (χ0v) is 16.5. The van der Waals surface area contributed by atoms with Crippen LogP contribution in [0.2, 0.25) is 0 Å². The molecular formula is C16H23N3O5S2. The average Bonchev–Trinajstić information content (AvgIpc) is 2.88. The fourth-order valence-electron chi connectivity index (χ4n) is 3.29. The summed E-state index contributed by atoms with van der Waals surface area (Å²) < 4.78 is 52.5. The Morgan fingerprint density at radius 2 is 1.77 bits per heavy atom. The molecule has 26 heavy (non-hydrogen) atoms. The molecule has 2 heterocycles. The van der Waals surface area contributed by atoms with Gasteiger partial charge in [-0.25, -0.2) is 21.1 Å². The molecule has 0 spiro atoms. The first kappa shape index (κ1) is 19.3. The predicted octanol–water partition coefficient (Wildman–Crippen LogP) is 0.388. The molecule has 1 amide bonds. The van der Waals surface area contributed by atoms with Gasteiger partial charge in [-0.3, -0.25) is 4.79 Å². The summed E-state index contributed by atoms with van der Waals surface area (Å²) in [5.41, 5.74) is 0.611. The third-order valence-electron chi connectivity index (χ3n) is 4.88. The summed E-state index contributed by atoms with van der Waals surface area (Å²) in [6.07, 6.45) is -0.0860. The normalized spacial score (nSPS) is 22.1. The van der Waals surface area contributed by atoms with Crippen molar-refractivity contribution >= 4 is 31.6 Å². The second-order valence-electron chi connectivity index (χ2n) is 6.51. The minimum absolute atomic E-state index is 0.0508. The molecule has 1 aromatic rings. The molecule has 8 nitrogen and oxygen atoms in total. The number of nitrogens with zero attached hydrogens (tertiary/aromatic N) is 3. The molecule has 1 aromatic carbocycles. The van der Waals surface area contributed by atoms with E-state index in [9.17, 15) is 21.6 Å². The van der Waals surface area contributed by atoms with E-state index in [4.69, 9.17) is 0 Å². The van der Waals surface area contributed by atoms with Gasteiger partial charge in [0.1, 0.15) is 0 Å². The van der Waals surface area contributed by atoms with Crippen LogP contribution in [0.5, 0.6) is 0 Å². The van der Waals surface area contributed by atoms with E-state index < -0.39 is 26.0 Å². The summed E-state index contributed by atoms with van der Waals surface area (Å²) >= 11 is 0. The second kappa shape index (κ2) is 6.91. The largest absolute Gasteiger partial charge is 0.301 e. The van der Waals surface area contributed by atoms with Crippen molar-refractivity contribution in [2.45, 2.75) is 25.2 Å². The summed E-state index contributed by atoms with van der Waals surface area (Å²) in [5, 5.41) is 0. The second-order valence-corrected chi connectivity index (χ2v) is 10.4. The van der Waals surface area contributed by atoms with Crippen molar-refractivity contribution in [3.8, 4) is 0 Å². The predicted molar refractivity (Wildman–Crippen MR) is 97.9 cm³/mol. The number of hydrogen-bond acceptors (Lipinski definition) is 6. The third-order valence-corrected chi connectivity index (χ3v) is 8.61. The molecule has 2 saturated heterocycles. The van der Waals surface area contributed by atoms with E-state index in [1.807, 2.05) is 6.92 Å². The van der Waals surface area contributed by atoms with E-state index in [1.54, 1.807) is 13.0 Å². The number of likely N-dealkylation sites (N-methyl/N-ethyl adjacent to an activating group) is 1. The monoisotopic (exact) mass is 401 g/mol. The Bertz CT molecular complexity index is 919. The molecule has 3 rings (SSSR count). The standard InChI is InChI=1S/C16H23N3O5S2/c1-3-17-7-9-18(10-8-17)26(23,24)15-12-14(5-4-13(15)2)19-16(20)6-11-25(19,21)22/h4-5,12H,3,6-11H2,1-2H3. The van der Waals surface area contributed by atoms with Crippen LogP contribution in [0.1, 0.15) is 18.9 Å². The van der Waals surface area contributed by atoms with Crippen molar-refractivity contribution < 1.29 is 21.6 Å². The van der Waals surface area contributed by atoms with Gasteiger partial charge in [-0.1, -0.05) is 13.0 Å². The smallest absolute Gasteiger partial charge is 0.243 e. The fourth-order valence-corrected chi connectivity index (χ4v) is 6.41. The van der Waals surface area contributed by atoms with Crippen LogP contribution >= 0.6 is 0 Å². The van der Waals surface area contributed by atoms with E-state index in [0.717, 1.165) is 10.8 Å². The van der Waals surface area contributed by atoms with E-state index in [1.165, 1.54) is 16.4 Å². The average molecular weight is 402 g/mol. The lowest BCUT2D eigenvalue weighted by Crippen LogP contribution is -2.48. The number of hydrogen-bond donors (Lipinski definition) is 0. The molecular weight excluding hydrogens is 378 g/mol. The first-order valence-corrected chi connectivity index (χ1v) is 11.6. The van der Waals surface area contributed by atoms with Gasteiger partial charge in [-0.05, 0) is 31.2 Å². The summed E-state index contributed by atoms with van der Waals surface area (Å²) in [5.74, 6) is -0.783. The van der Waals surface area contributed by atoms with E-state index in [0.29, 0.717) is 31.7 Å². The SMILES string of the molecule is CCN1CCN(S(=O)(=O)c2cc(N3C(=O)CCS3(=O)=O)ccc2C)CC1. The van der Waals surface area contributed by atoms with Gasteiger partial charge < -0.3 is 4.90 Å². The lowest BCUT2D eigenvalue weighted by atomic mass is 10.2. The Kier molecular flexibility index (Phi) is 5.13. The molecule has 0 aromatic heterocycles. The number of benzene rings is 1. The number of sulfonamides is 2. The molecule has 0 bridgehead atoms. The topological polar surface area (TPSA) is 95.1 Å². The number of carbonyl (C=O) groups excluding carboxylic acids is 1. The molecule has 2 aliphatic rings. The van der Waals surface area contributed by atoms with Crippen LogP contribution in [0.4, 0.5) is 5.69 Å². The molecule has 0 atom stereocenters. The Balaban J connectivity index is 1.97. The minimum atomic E-state index is -3.76. The summed E-state index contributed by atoms with van der Waals surface area (Å²) in [7, 11) is -7.49. The van der Waals surface area contributed by atoms with Crippen LogP contribution in [0.3, 0.4) is 0 Å². The molecule has 0 radical (unpaired) electrons. The molecule has 0 aliphatic carbocycles. The number of aryl methyl sites for hydroxylation is 1. The molecule has 0 saturated carbocycles. The Hall–Kier alpha value is -1.49. The summed E-state index contributed by atoms with van der Waals surface area (Å²) in [4.78, 5) is 14.2. The van der Waals surface area contributed by atoms with Crippen LogP contribution in [0.25, 0.3) is 0 Å². The highest BCUT2D eigenvalue weighted by atomic mass is 32.2. The fraction of sp³-hybridized carbons (Fsp3) is 0.562. The number of amides is 1. The van der Waals surface area contributed by atoms with Gasteiger partial charge in [-0.15, -0.1) is 0 Å². The lowest BCUT2D eigenvalue weighted by molar-refractivity contribution is -0.116. The van der Waals surface area contributed by atoms with Gasteiger partial charge >= 0.3 is 0 Å². The Labute approximate surface area is 154 Å². The van der Waals surface area contributed by atoms with Crippen molar-refractivity contribution in [1.82, 2.24) is 9.21 Å². The maximum absolute atomic E-state index is 13.1. The van der Waals surface area contributed by atoms with Crippen LogP contribution in [-0.4, -0.2) is 70.4 Å². The molecule has 2 aliphatic heterocycles. The number of anilines is 1.